The van der Waals surface area contributed by atoms with Gasteiger partial charge in [-0.3, -0.25) is 20.3 Å². The Balaban J connectivity index is 1.70. The van der Waals surface area contributed by atoms with Crippen LogP contribution in [0.1, 0.15) is 10.5 Å². The summed E-state index contributed by atoms with van der Waals surface area (Å²) in [5.41, 5.74) is 3.54. The Labute approximate surface area is 157 Å². The van der Waals surface area contributed by atoms with Crippen LogP contribution in [0.15, 0.2) is 53.1 Å². The van der Waals surface area contributed by atoms with Gasteiger partial charge in [-0.15, -0.1) is 0 Å². The lowest BCUT2D eigenvalue weighted by Crippen LogP contribution is -2.44. The highest BCUT2D eigenvalue weighted by molar-refractivity contribution is 6.30. The Morgan fingerprint density at radius 1 is 1.22 bits per heavy atom. The lowest BCUT2D eigenvalue weighted by atomic mass is 10.2. The number of amides is 4. The summed E-state index contributed by atoms with van der Waals surface area (Å²) in [6.45, 7) is -0.259. The van der Waals surface area contributed by atoms with Crippen LogP contribution in [0.3, 0.4) is 0 Å². The maximum Gasteiger partial charge on any atom is 0.343 e. The van der Waals surface area contributed by atoms with Crippen LogP contribution in [0.25, 0.3) is 17.1 Å². The Morgan fingerprint density at radius 2 is 2.07 bits per heavy atom. The Bertz CT molecular complexity index is 1040. The maximum atomic E-state index is 12.5. The van der Waals surface area contributed by atoms with Gasteiger partial charge in [-0.1, -0.05) is 17.7 Å². The molecule has 1 fully saturated rings. The monoisotopic (exact) mass is 385 g/mol. The zero-order valence-corrected chi connectivity index (χ0v) is 14.4. The molecule has 0 atom stereocenters. The first-order valence-electron chi connectivity index (χ1n) is 7.83. The molecule has 0 bridgehead atoms. The van der Waals surface area contributed by atoms with E-state index in [1.54, 1.807) is 36.4 Å². The van der Waals surface area contributed by atoms with Gasteiger partial charge in [0.1, 0.15) is 12.2 Å². The van der Waals surface area contributed by atoms with Gasteiger partial charge in [0, 0.05) is 11.1 Å². The summed E-state index contributed by atoms with van der Waals surface area (Å²) >= 11 is 6.06. The van der Waals surface area contributed by atoms with E-state index in [9.17, 15) is 14.4 Å². The molecule has 1 aliphatic heterocycles. The van der Waals surface area contributed by atoms with E-state index in [1.165, 1.54) is 17.0 Å². The van der Waals surface area contributed by atoms with Gasteiger partial charge in [0.25, 0.3) is 5.91 Å². The number of carbonyl (C=O) groups excluding carboxylic acids is 3. The fraction of sp³-hybridized carbons (Fsp3) is 0.0588. The molecule has 0 saturated carbocycles. The summed E-state index contributed by atoms with van der Waals surface area (Å²) in [6.07, 6.45) is 1.50. The number of imide groups is 1. The van der Waals surface area contributed by atoms with Gasteiger partial charge in [-0.25, -0.2) is 14.5 Å². The number of hydrazine groups is 1. The number of nitrogens with one attached hydrogen (secondary N) is 2. The quantitative estimate of drug-likeness (QED) is 0.667. The Kier molecular flexibility index (Phi) is 4.13. The highest BCUT2D eigenvalue weighted by Gasteiger charge is 2.29. The summed E-state index contributed by atoms with van der Waals surface area (Å²) < 4.78 is 6.93. The largest absolute Gasteiger partial charge is 0.463 e. The molecule has 0 aliphatic carbocycles. The summed E-state index contributed by atoms with van der Waals surface area (Å²) in [6, 6.07) is 11.2. The number of rotatable bonds is 4. The highest BCUT2D eigenvalue weighted by Crippen LogP contribution is 2.25. The molecule has 3 aromatic rings. The van der Waals surface area contributed by atoms with Crippen molar-refractivity contribution in [1.29, 1.82) is 0 Å². The van der Waals surface area contributed by atoms with Crippen molar-refractivity contribution >= 4 is 29.4 Å². The van der Waals surface area contributed by atoms with Crippen molar-refractivity contribution < 1.29 is 18.8 Å². The number of carbonyl (C=O) groups is 3. The Hall–Kier alpha value is -3.59. The van der Waals surface area contributed by atoms with Crippen LogP contribution >= 0.6 is 11.6 Å². The van der Waals surface area contributed by atoms with Crippen LogP contribution in [0, 0.1) is 0 Å². The van der Waals surface area contributed by atoms with Crippen molar-refractivity contribution in [2.75, 3.05) is 6.54 Å². The minimum Gasteiger partial charge on any atom is -0.463 e. The molecule has 4 amide bonds. The molecule has 1 aliphatic rings. The lowest BCUT2D eigenvalue weighted by Gasteiger charge is -2.13. The average Bonchev–Trinajstić information content (AvgIpc) is 3.35. The molecule has 1 aromatic carbocycles. The van der Waals surface area contributed by atoms with Crippen molar-refractivity contribution in [3.63, 3.8) is 0 Å². The molecule has 136 valence electrons. The van der Waals surface area contributed by atoms with Crippen LogP contribution in [0.5, 0.6) is 0 Å². The second-order valence-corrected chi connectivity index (χ2v) is 6.10. The fourth-order valence-corrected chi connectivity index (χ4v) is 2.79. The molecule has 0 spiro atoms. The molecule has 10 heteroatoms. The molecule has 9 nitrogen and oxygen atoms in total. The van der Waals surface area contributed by atoms with Crippen molar-refractivity contribution in [3.8, 4) is 17.1 Å². The molecule has 3 heterocycles. The minimum absolute atomic E-state index is 0.0357. The first kappa shape index (κ1) is 16.9. The number of urea groups is 1. The fourth-order valence-electron chi connectivity index (χ4n) is 2.61. The summed E-state index contributed by atoms with van der Waals surface area (Å²) in [7, 11) is 0. The molecule has 27 heavy (non-hydrogen) atoms. The van der Waals surface area contributed by atoms with E-state index in [0.717, 1.165) is 5.01 Å². The maximum absolute atomic E-state index is 12.5. The van der Waals surface area contributed by atoms with Crippen LogP contribution in [0.4, 0.5) is 4.79 Å². The third-order valence-electron chi connectivity index (χ3n) is 3.80. The molecular weight excluding hydrogens is 374 g/mol. The normalized spacial score (nSPS) is 13.7. The lowest BCUT2D eigenvalue weighted by molar-refractivity contribution is -0.118. The van der Waals surface area contributed by atoms with Gasteiger partial charge in [-0.2, -0.15) is 5.10 Å². The predicted molar refractivity (Wildman–Crippen MR) is 94.0 cm³/mol. The van der Waals surface area contributed by atoms with E-state index in [-0.39, 0.29) is 12.2 Å². The Morgan fingerprint density at radius 3 is 2.74 bits per heavy atom. The molecule has 2 aromatic heterocycles. The van der Waals surface area contributed by atoms with E-state index in [2.05, 4.69) is 15.8 Å². The van der Waals surface area contributed by atoms with Gasteiger partial charge in [0.15, 0.2) is 11.5 Å². The first-order chi connectivity index (χ1) is 13.0. The van der Waals surface area contributed by atoms with Crippen LogP contribution in [-0.4, -0.2) is 39.2 Å². The van der Waals surface area contributed by atoms with Crippen molar-refractivity contribution in [2.45, 2.75) is 0 Å². The van der Waals surface area contributed by atoms with Crippen molar-refractivity contribution in [2.24, 2.45) is 0 Å². The van der Waals surface area contributed by atoms with Crippen LogP contribution in [-0.2, 0) is 4.79 Å². The molecular formula is C17H12ClN5O4. The molecule has 0 radical (unpaired) electrons. The van der Waals surface area contributed by atoms with E-state index in [1.807, 2.05) is 0 Å². The number of furan rings is 1. The van der Waals surface area contributed by atoms with Gasteiger partial charge in [0.05, 0.1) is 12.0 Å². The third-order valence-corrected chi connectivity index (χ3v) is 4.03. The van der Waals surface area contributed by atoms with Crippen LogP contribution < -0.4 is 10.7 Å². The van der Waals surface area contributed by atoms with E-state index >= 15 is 0 Å². The molecule has 1 saturated heterocycles. The summed E-state index contributed by atoms with van der Waals surface area (Å²) in [4.78, 5) is 35.3. The average molecular weight is 386 g/mol. The zero-order chi connectivity index (χ0) is 19.0. The summed E-state index contributed by atoms with van der Waals surface area (Å²) in [5.74, 6) is -0.648. The molecule has 2 N–H and O–H groups in total. The van der Waals surface area contributed by atoms with E-state index < -0.39 is 17.8 Å². The molecule has 4 rings (SSSR count). The van der Waals surface area contributed by atoms with Crippen molar-refractivity contribution in [3.05, 3.63) is 59.4 Å². The second kappa shape index (κ2) is 6.61. The number of benzene rings is 1. The smallest absolute Gasteiger partial charge is 0.343 e. The number of nitrogens with zero attached hydrogens (tertiary/aromatic N) is 3. The standard InChI is InChI=1S/C17H12ClN5O4/c18-10-3-1-4-11(7-10)23-13(14-5-2-6-27-14)8-12(20-23)16(25)21-22-9-15(24)19-17(22)26/h1-8H,9H2,(H,21,25)(H,19,24,26). The first-order valence-corrected chi connectivity index (χ1v) is 8.21. The second-order valence-electron chi connectivity index (χ2n) is 5.66. The van der Waals surface area contributed by atoms with Gasteiger partial charge in [0.2, 0.25) is 5.91 Å². The SMILES string of the molecule is O=C1CN(NC(=O)c2cc(-c3ccco3)n(-c3cccc(Cl)c3)n2)C(=O)N1. The number of hydrogen-bond donors (Lipinski definition) is 2. The zero-order valence-electron chi connectivity index (χ0n) is 13.7. The minimum atomic E-state index is -0.700. The highest BCUT2D eigenvalue weighted by atomic mass is 35.5. The van der Waals surface area contributed by atoms with Gasteiger partial charge >= 0.3 is 6.03 Å². The van der Waals surface area contributed by atoms with Gasteiger partial charge < -0.3 is 4.42 Å². The molecule has 0 unspecified atom stereocenters. The third kappa shape index (κ3) is 3.27. The van der Waals surface area contributed by atoms with E-state index in [0.29, 0.717) is 22.2 Å². The van der Waals surface area contributed by atoms with Gasteiger partial charge in [-0.05, 0) is 30.3 Å². The topological polar surface area (TPSA) is 109 Å². The van der Waals surface area contributed by atoms with E-state index in [4.69, 9.17) is 16.0 Å². The van der Waals surface area contributed by atoms with Crippen LogP contribution in [0.2, 0.25) is 5.02 Å². The summed E-state index contributed by atoms with van der Waals surface area (Å²) in [5, 5.41) is 7.77. The number of hydrogen-bond acceptors (Lipinski definition) is 5. The number of halogens is 1. The van der Waals surface area contributed by atoms with Crippen molar-refractivity contribution in [1.82, 2.24) is 25.5 Å². The number of aromatic nitrogens is 2. The predicted octanol–water partition coefficient (Wildman–Crippen LogP) is 1.98.